The minimum absolute atomic E-state index is 0.122. The quantitative estimate of drug-likeness (QED) is 0.298. The molecule has 31 heavy (non-hydrogen) atoms. The highest BCUT2D eigenvalue weighted by Crippen LogP contribution is 2.26. The molecule has 4 rings (SSSR count). The Morgan fingerprint density at radius 1 is 1.16 bits per heavy atom. The third kappa shape index (κ3) is 4.36. The fourth-order valence-electron chi connectivity index (χ4n) is 3.50. The van der Waals surface area contributed by atoms with Crippen LogP contribution in [-0.2, 0) is 6.54 Å². The first-order valence-corrected chi connectivity index (χ1v) is 10.4. The number of hydrogen-bond acceptors (Lipinski definition) is 3. The maximum Gasteiger partial charge on any atom is 0.275 e. The number of nitrogens with zero attached hydrogens (tertiary/aromatic N) is 2. The summed E-state index contributed by atoms with van der Waals surface area (Å²) in [5.74, 6) is -0.899. The highest BCUT2D eigenvalue weighted by molar-refractivity contribution is 9.10. The van der Waals surface area contributed by atoms with Gasteiger partial charge in [0, 0.05) is 33.2 Å². The van der Waals surface area contributed by atoms with Crippen LogP contribution >= 0.6 is 15.9 Å². The van der Waals surface area contributed by atoms with Gasteiger partial charge in [0.2, 0.25) is 0 Å². The summed E-state index contributed by atoms with van der Waals surface area (Å²) in [6, 6.07) is 19.0. The van der Waals surface area contributed by atoms with Crippen molar-refractivity contribution in [2.45, 2.75) is 13.5 Å². The number of aromatic nitrogens is 1. The number of nitrogens with one attached hydrogen (secondary N) is 1. The van der Waals surface area contributed by atoms with Gasteiger partial charge in [-0.2, -0.15) is 5.10 Å². The van der Waals surface area contributed by atoms with Crippen LogP contribution in [0.2, 0.25) is 0 Å². The van der Waals surface area contributed by atoms with Crippen molar-refractivity contribution in [1.29, 1.82) is 0 Å². The lowest BCUT2D eigenvalue weighted by Crippen LogP contribution is -2.17. The largest absolute Gasteiger partial charge is 0.507 e. The molecule has 5 nitrogen and oxygen atoms in total. The number of benzene rings is 3. The van der Waals surface area contributed by atoms with E-state index in [1.165, 1.54) is 24.3 Å². The third-order valence-electron chi connectivity index (χ3n) is 5.10. The second kappa shape index (κ2) is 8.73. The number of phenolic OH excluding ortho intramolecular Hbond substituents is 1. The molecule has 0 unspecified atom stereocenters. The number of carbonyl (C=O) groups excluding carboxylic acids is 1. The number of fused-ring (bicyclic) bond motifs is 1. The maximum absolute atomic E-state index is 13.3. The molecular formula is C24H19BrFN3O2. The normalized spacial score (nSPS) is 11.3. The van der Waals surface area contributed by atoms with Crippen molar-refractivity contribution >= 4 is 39.0 Å². The van der Waals surface area contributed by atoms with Gasteiger partial charge in [-0.05, 0) is 48.9 Å². The Bertz CT molecular complexity index is 1300. The molecule has 1 aromatic heterocycles. The van der Waals surface area contributed by atoms with Crippen LogP contribution in [0.1, 0.15) is 27.2 Å². The van der Waals surface area contributed by atoms with Gasteiger partial charge in [-0.1, -0.05) is 46.3 Å². The molecule has 3 aromatic carbocycles. The van der Waals surface area contributed by atoms with Gasteiger partial charge in [-0.15, -0.1) is 0 Å². The number of rotatable bonds is 5. The van der Waals surface area contributed by atoms with E-state index in [0.717, 1.165) is 27.7 Å². The van der Waals surface area contributed by atoms with Gasteiger partial charge in [-0.25, -0.2) is 9.82 Å². The topological polar surface area (TPSA) is 66.6 Å². The number of para-hydroxylation sites is 1. The summed E-state index contributed by atoms with van der Waals surface area (Å²) in [7, 11) is 0. The molecule has 0 saturated heterocycles. The van der Waals surface area contributed by atoms with Gasteiger partial charge in [0.1, 0.15) is 11.6 Å². The van der Waals surface area contributed by atoms with Gasteiger partial charge in [0.05, 0.1) is 11.8 Å². The zero-order valence-electron chi connectivity index (χ0n) is 16.6. The van der Waals surface area contributed by atoms with E-state index in [-0.39, 0.29) is 17.1 Å². The van der Waals surface area contributed by atoms with E-state index in [0.29, 0.717) is 11.0 Å². The minimum Gasteiger partial charge on any atom is -0.507 e. The van der Waals surface area contributed by atoms with Gasteiger partial charge in [-0.3, -0.25) is 4.79 Å². The molecule has 4 aromatic rings. The van der Waals surface area contributed by atoms with Crippen molar-refractivity contribution in [1.82, 2.24) is 9.99 Å². The van der Waals surface area contributed by atoms with E-state index < -0.39 is 5.91 Å². The summed E-state index contributed by atoms with van der Waals surface area (Å²) in [6.45, 7) is 2.56. The van der Waals surface area contributed by atoms with Gasteiger partial charge < -0.3 is 9.67 Å². The molecule has 1 amide bonds. The second-order valence-corrected chi connectivity index (χ2v) is 8.01. The molecule has 156 valence electrons. The first-order chi connectivity index (χ1) is 14.9. The van der Waals surface area contributed by atoms with Crippen molar-refractivity contribution in [3.63, 3.8) is 0 Å². The molecule has 0 aliphatic heterocycles. The third-order valence-corrected chi connectivity index (χ3v) is 5.59. The zero-order valence-corrected chi connectivity index (χ0v) is 18.2. The van der Waals surface area contributed by atoms with E-state index >= 15 is 0 Å². The second-order valence-electron chi connectivity index (χ2n) is 7.09. The zero-order chi connectivity index (χ0) is 22.0. The molecule has 0 spiro atoms. The lowest BCUT2D eigenvalue weighted by molar-refractivity contribution is 0.0952. The molecule has 1 heterocycles. The molecule has 0 fully saturated rings. The van der Waals surface area contributed by atoms with Gasteiger partial charge in [0.25, 0.3) is 5.91 Å². The van der Waals surface area contributed by atoms with Crippen LogP contribution in [0, 0.1) is 12.7 Å². The van der Waals surface area contributed by atoms with Gasteiger partial charge >= 0.3 is 0 Å². The SMILES string of the molecule is Cc1c(/C=N\NC(=O)c2cc(Br)ccc2O)c2ccccc2n1Cc1ccc(F)cc1. The van der Waals surface area contributed by atoms with Crippen LogP contribution < -0.4 is 5.43 Å². The summed E-state index contributed by atoms with van der Waals surface area (Å²) >= 11 is 3.29. The van der Waals surface area contributed by atoms with E-state index in [1.54, 1.807) is 24.4 Å². The van der Waals surface area contributed by atoms with Crippen LogP contribution in [0.4, 0.5) is 4.39 Å². The van der Waals surface area contributed by atoms with Crippen LogP contribution in [-0.4, -0.2) is 21.8 Å². The maximum atomic E-state index is 13.3. The van der Waals surface area contributed by atoms with E-state index in [4.69, 9.17) is 0 Å². The first kappa shape index (κ1) is 20.8. The lowest BCUT2D eigenvalue weighted by atomic mass is 10.1. The number of amides is 1. The minimum atomic E-state index is -0.511. The summed E-state index contributed by atoms with van der Waals surface area (Å²) in [5.41, 5.74) is 6.43. The Hall–Kier alpha value is -3.45. The number of hydrogen-bond donors (Lipinski definition) is 2. The molecule has 0 aliphatic carbocycles. The van der Waals surface area contributed by atoms with E-state index in [9.17, 15) is 14.3 Å². The summed E-state index contributed by atoms with van der Waals surface area (Å²) < 4.78 is 16.1. The summed E-state index contributed by atoms with van der Waals surface area (Å²) in [6.07, 6.45) is 1.60. The van der Waals surface area contributed by atoms with Crippen LogP contribution in [0.15, 0.2) is 76.3 Å². The Balaban J connectivity index is 1.63. The van der Waals surface area contributed by atoms with Gasteiger partial charge in [0.15, 0.2) is 0 Å². The number of hydrazone groups is 1. The molecule has 0 aliphatic rings. The molecule has 0 atom stereocenters. The predicted octanol–water partition coefficient (Wildman–Crippen LogP) is 5.37. The molecule has 2 N–H and O–H groups in total. The van der Waals surface area contributed by atoms with Crippen LogP contribution in [0.3, 0.4) is 0 Å². The van der Waals surface area contributed by atoms with Crippen molar-refractivity contribution in [2.24, 2.45) is 5.10 Å². The number of phenols is 1. The summed E-state index contributed by atoms with van der Waals surface area (Å²) in [5, 5.41) is 15.0. The highest BCUT2D eigenvalue weighted by atomic mass is 79.9. The molecular weight excluding hydrogens is 461 g/mol. The smallest absolute Gasteiger partial charge is 0.275 e. The fraction of sp³-hybridized carbons (Fsp3) is 0.0833. The average molecular weight is 480 g/mol. The van der Waals surface area contributed by atoms with Crippen LogP contribution in [0.25, 0.3) is 10.9 Å². The number of carbonyl (C=O) groups is 1. The Morgan fingerprint density at radius 3 is 2.68 bits per heavy atom. The molecule has 7 heteroatoms. The average Bonchev–Trinajstić information content (AvgIpc) is 3.03. The standard InChI is InChI=1S/C24H19BrFN3O2/c1-15-21(13-27-28-24(31)20-12-17(25)8-11-23(20)30)19-4-2-3-5-22(19)29(15)14-16-6-9-18(26)10-7-16/h2-13,30H,14H2,1H3,(H,28,31)/b27-13-. The summed E-state index contributed by atoms with van der Waals surface area (Å²) in [4.78, 5) is 12.4. The van der Waals surface area contributed by atoms with Crippen molar-refractivity contribution in [3.8, 4) is 5.75 Å². The predicted molar refractivity (Wildman–Crippen MR) is 123 cm³/mol. The van der Waals surface area contributed by atoms with E-state index in [1.807, 2.05) is 31.2 Å². The highest BCUT2D eigenvalue weighted by Gasteiger charge is 2.14. The number of aromatic hydroxyl groups is 1. The number of halogens is 2. The molecule has 0 radical (unpaired) electrons. The Labute approximate surface area is 187 Å². The van der Waals surface area contributed by atoms with E-state index in [2.05, 4.69) is 31.0 Å². The first-order valence-electron chi connectivity index (χ1n) is 9.58. The monoisotopic (exact) mass is 479 g/mol. The lowest BCUT2D eigenvalue weighted by Gasteiger charge is -2.09. The van der Waals surface area contributed by atoms with Crippen LogP contribution in [0.5, 0.6) is 5.75 Å². The van der Waals surface area contributed by atoms with Crippen molar-refractivity contribution in [2.75, 3.05) is 0 Å². The van der Waals surface area contributed by atoms with Crippen molar-refractivity contribution in [3.05, 3.63) is 99.4 Å². The molecule has 0 saturated carbocycles. The molecule has 0 bridgehead atoms. The van der Waals surface area contributed by atoms with Crippen molar-refractivity contribution < 1.29 is 14.3 Å². The fourth-order valence-corrected chi connectivity index (χ4v) is 3.86. The Kier molecular flexibility index (Phi) is 5.86. The Morgan fingerprint density at radius 2 is 1.90 bits per heavy atom.